The number of H-pyrrole nitrogens is 2. The third-order valence-corrected chi connectivity index (χ3v) is 8.18. The number of phenols is 1. The first-order chi connectivity index (χ1) is 19.7. The number of imidazole rings is 1. The number of aromatic nitrogens is 4. The second-order valence-electron chi connectivity index (χ2n) is 10.7. The van der Waals surface area contributed by atoms with Crippen LogP contribution in [-0.4, -0.2) is 78.2 Å². The number of likely N-dealkylation sites (tertiary alicyclic amines) is 1. The van der Waals surface area contributed by atoms with Crippen LogP contribution in [0.5, 0.6) is 5.75 Å². The molecule has 10 nitrogen and oxygen atoms in total. The van der Waals surface area contributed by atoms with Gasteiger partial charge in [0.15, 0.2) is 17.4 Å². The number of carbonyl (C=O) groups excluding carboxylic acids is 1. The number of aryl methyl sites for hydroxylation is 1. The molecule has 41 heavy (non-hydrogen) atoms. The second-order valence-corrected chi connectivity index (χ2v) is 10.7. The van der Waals surface area contributed by atoms with Gasteiger partial charge in [0, 0.05) is 13.0 Å². The number of benzene rings is 2. The van der Waals surface area contributed by atoms with Crippen molar-refractivity contribution >= 4 is 22.8 Å². The van der Waals surface area contributed by atoms with Crippen molar-refractivity contribution in [2.75, 3.05) is 26.2 Å². The van der Waals surface area contributed by atoms with E-state index in [1.807, 2.05) is 11.8 Å². The maximum Gasteiger partial charge on any atom is 0.306 e. The number of halogens is 2. The van der Waals surface area contributed by atoms with Crippen LogP contribution < -0.4 is 0 Å². The molecule has 214 valence electrons. The Labute approximate surface area is 234 Å². The average molecular weight is 565 g/mol. The van der Waals surface area contributed by atoms with Crippen LogP contribution in [0.4, 0.5) is 8.78 Å². The van der Waals surface area contributed by atoms with E-state index in [9.17, 15) is 24.2 Å². The van der Waals surface area contributed by atoms with Gasteiger partial charge in [-0.2, -0.15) is 5.10 Å². The van der Waals surface area contributed by atoms with Crippen molar-refractivity contribution in [2.45, 2.75) is 39.2 Å². The Bertz CT molecular complexity index is 1660. The quantitative estimate of drug-likeness (QED) is 0.279. The van der Waals surface area contributed by atoms with Crippen LogP contribution in [0.15, 0.2) is 24.3 Å². The highest BCUT2D eigenvalue weighted by molar-refractivity contribution is 5.94. The lowest BCUT2D eigenvalue weighted by atomic mass is 9.96. The number of nitrogens with zero attached hydrogens (tertiary/aromatic N) is 4. The van der Waals surface area contributed by atoms with Crippen LogP contribution in [0, 0.1) is 17.6 Å². The molecule has 4 aromatic rings. The van der Waals surface area contributed by atoms with Gasteiger partial charge in [-0.05, 0) is 73.3 Å². The zero-order valence-corrected chi connectivity index (χ0v) is 22.5. The molecule has 0 saturated carbocycles. The molecule has 0 bridgehead atoms. The van der Waals surface area contributed by atoms with Crippen molar-refractivity contribution in [3.8, 4) is 28.4 Å². The summed E-state index contributed by atoms with van der Waals surface area (Å²) in [5.74, 6) is -2.53. The highest BCUT2D eigenvalue weighted by atomic mass is 19.1. The highest BCUT2D eigenvalue weighted by Gasteiger charge is 2.29. The minimum atomic E-state index is -0.780. The molecule has 2 aliphatic rings. The summed E-state index contributed by atoms with van der Waals surface area (Å²) in [5, 5.41) is 26.4. The van der Waals surface area contributed by atoms with Gasteiger partial charge in [-0.25, -0.2) is 13.8 Å². The number of phenolic OH excluding ortho intramolecular Hbond substituents is 1. The fourth-order valence-corrected chi connectivity index (χ4v) is 5.85. The standard InChI is InChI=1S/C29H30F2N6O4/c1-2-15-11-24(38)19(30)12-18(15)17-9-20(31)26-22(10-17)34-35-27(26)28-32-21-5-8-37(13-23(21)33-28)25(39)14-36-6-3-16(4-7-36)29(40)41/h9-12,16,38H,2-8,13-14H2,1H3,(H,32,33)(H,34,35)(H,40,41). The topological polar surface area (TPSA) is 138 Å². The van der Waals surface area contributed by atoms with Gasteiger partial charge in [0.2, 0.25) is 5.91 Å². The fraction of sp³-hybridized carbons (Fsp3) is 0.379. The predicted molar refractivity (Wildman–Crippen MR) is 146 cm³/mol. The third kappa shape index (κ3) is 5.03. The monoisotopic (exact) mass is 564 g/mol. The van der Waals surface area contributed by atoms with Gasteiger partial charge in [0.25, 0.3) is 0 Å². The van der Waals surface area contributed by atoms with E-state index in [0.29, 0.717) is 85.6 Å². The first-order valence-electron chi connectivity index (χ1n) is 13.7. The van der Waals surface area contributed by atoms with E-state index in [1.165, 1.54) is 18.2 Å². The maximum absolute atomic E-state index is 15.5. The zero-order chi connectivity index (χ0) is 28.8. The molecule has 0 radical (unpaired) electrons. The van der Waals surface area contributed by atoms with Gasteiger partial charge in [-0.15, -0.1) is 0 Å². The molecule has 2 aromatic carbocycles. The molecule has 1 fully saturated rings. The van der Waals surface area contributed by atoms with Crippen LogP contribution in [0.2, 0.25) is 0 Å². The molecule has 12 heteroatoms. The summed E-state index contributed by atoms with van der Waals surface area (Å²) in [7, 11) is 0. The lowest BCUT2D eigenvalue weighted by molar-refractivity contribution is -0.143. The predicted octanol–water partition coefficient (Wildman–Crippen LogP) is 3.85. The Morgan fingerprint density at radius 3 is 2.61 bits per heavy atom. The summed E-state index contributed by atoms with van der Waals surface area (Å²) in [6.07, 6.45) is 2.15. The van der Waals surface area contributed by atoms with Gasteiger partial charge in [-0.3, -0.25) is 19.6 Å². The number of nitrogens with one attached hydrogen (secondary N) is 2. The van der Waals surface area contributed by atoms with Crippen LogP contribution in [0.25, 0.3) is 33.5 Å². The molecule has 0 unspecified atom stereocenters. The van der Waals surface area contributed by atoms with Crippen molar-refractivity contribution in [1.29, 1.82) is 0 Å². The maximum atomic E-state index is 15.5. The van der Waals surface area contributed by atoms with Gasteiger partial charge in [-0.1, -0.05) is 6.92 Å². The molecule has 0 aliphatic carbocycles. The number of hydrogen-bond donors (Lipinski definition) is 4. The van der Waals surface area contributed by atoms with Gasteiger partial charge < -0.3 is 20.1 Å². The zero-order valence-electron chi connectivity index (χ0n) is 22.5. The van der Waals surface area contributed by atoms with Crippen molar-refractivity contribution in [3.05, 3.63) is 52.9 Å². The van der Waals surface area contributed by atoms with E-state index < -0.39 is 23.4 Å². The molecule has 2 aliphatic heterocycles. The normalized spacial score (nSPS) is 16.3. The molecule has 2 aromatic heterocycles. The summed E-state index contributed by atoms with van der Waals surface area (Å²) in [5.41, 5.74) is 3.93. The van der Waals surface area contributed by atoms with Crippen LogP contribution in [0.1, 0.15) is 36.7 Å². The molecule has 4 heterocycles. The summed E-state index contributed by atoms with van der Waals surface area (Å²) < 4.78 is 29.7. The number of amides is 1. The van der Waals surface area contributed by atoms with E-state index in [2.05, 4.69) is 20.2 Å². The number of aromatic amines is 2. The molecule has 0 atom stereocenters. The summed E-state index contributed by atoms with van der Waals surface area (Å²) in [6.45, 7) is 4.12. The Hall–Kier alpha value is -4.32. The third-order valence-electron chi connectivity index (χ3n) is 8.18. The Morgan fingerprint density at radius 1 is 1.10 bits per heavy atom. The number of piperidine rings is 1. The van der Waals surface area contributed by atoms with Gasteiger partial charge >= 0.3 is 5.97 Å². The number of fused-ring (bicyclic) bond motifs is 2. The van der Waals surface area contributed by atoms with Crippen LogP contribution >= 0.6 is 0 Å². The lowest BCUT2D eigenvalue weighted by Gasteiger charge is -2.32. The van der Waals surface area contributed by atoms with E-state index >= 15 is 4.39 Å². The Kier molecular flexibility index (Phi) is 6.94. The molecule has 4 N–H and O–H groups in total. The summed E-state index contributed by atoms with van der Waals surface area (Å²) in [4.78, 5) is 35.8. The number of carboxylic acids is 1. The van der Waals surface area contributed by atoms with E-state index in [-0.39, 0.29) is 23.8 Å². The average Bonchev–Trinajstić information content (AvgIpc) is 3.58. The number of carbonyl (C=O) groups is 2. The minimum Gasteiger partial charge on any atom is -0.505 e. The highest BCUT2D eigenvalue weighted by Crippen LogP contribution is 2.35. The molecular weight excluding hydrogens is 534 g/mol. The summed E-state index contributed by atoms with van der Waals surface area (Å²) >= 11 is 0. The smallest absolute Gasteiger partial charge is 0.306 e. The minimum absolute atomic E-state index is 0.0264. The molecule has 1 amide bonds. The molecule has 1 saturated heterocycles. The Balaban J connectivity index is 1.21. The summed E-state index contributed by atoms with van der Waals surface area (Å²) in [6, 6.07) is 5.59. The first-order valence-corrected chi connectivity index (χ1v) is 13.7. The molecule has 0 spiro atoms. The Morgan fingerprint density at radius 2 is 1.88 bits per heavy atom. The van der Waals surface area contributed by atoms with Crippen LogP contribution in [-0.2, 0) is 29.0 Å². The van der Waals surface area contributed by atoms with Gasteiger partial charge in [0.1, 0.15) is 11.5 Å². The van der Waals surface area contributed by atoms with E-state index in [1.54, 1.807) is 11.0 Å². The van der Waals surface area contributed by atoms with Gasteiger partial charge in [0.05, 0.1) is 41.3 Å². The number of carboxylic acid groups (broad SMARTS) is 1. The number of hydrogen-bond acceptors (Lipinski definition) is 6. The fourth-order valence-electron chi connectivity index (χ4n) is 5.85. The number of aromatic hydroxyl groups is 1. The first kappa shape index (κ1) is 26.9. The number of aliphatic carboxylic acids is 1. The SMILES string of the molecule is CCc1cc(O)c(F)cc1-c1cc(F)c2c(-c3nc4c([nH]3)CN(C(=O)CN3CCC(C(=O)O)CC3)CC4)n[nH]c2c1. The largest absolute Gasteiger partial charge is 0.505 e. The van der Waals surface area contributed by atoms with Crippen LogP contribution in [0.3, 0.4) is 0 Å². The number of rotatable bonds is 6. The van der Waals surface area contributed by atoms with Crippen molar-refractivity contribution in [2.24, 2.45) is 5.92 Å². The molecular formula is C29H30F2N6O4. The molecule has 6 rings (SSSR count). The van der Waals surface area contributed by atoms with E-state index in [0.717, 1.165) is 11.4 Å². The van der Waals surface area contributed by atoms with Crippen molar-refractivity contribution in [1.82, 2.24) is 30.0 Å². The van der Waals surface area contributed by atoms with E-state index in [4.69, 9.17) is 0 Å². The van der Waals surface area contributed by atoms with Crippen molar-refractivity contribution < 1.29 is 28.6 Å². The second kappa shape index (κ2) is 10.6. The van der Waals surface area contributed by atoms with Crippen molar-refractivity contribution in [3.63, 3.8) is 0 Å². The lowest BCUT2D eigenvalue weighted by Crippen LogP contribution is -2.45.